The van der Waals surface area contributed by atoms with Crippen LogP contribution in [0.15, 0.2) is 59.5 Å². The van der Waals surface area contributed by atoms with Gasteiger partial charge in [0.1, 0.15) is 6.04 Å². The van der Waals surface area contributed by atoms with Gasteiger partial charge in [-0.2, -0.15) is 0 Å². The van der Waals surface area contributed by atoms with Gasteiger partial charge in [-0.15, -0.1) is 11.8 Å². The molecule has 0 radical (unpaired) electrons. The summed E-state index contributed by atoms with van der Waals surface area (Å²) in [7, 11) is 0. The number of aryl methyl sites for hydroxylation is 1. The van der Waals surface area contributed by atoms with Gasteiger partial charge in [-0.25, -0.2) is 0 Å². The number of carbonyl (C=O) groups is 2. The minimum absolute atomic E-state index is 0.0201. The maximum Gasteiger partial charge on any atom is 0.243 e. The second kappa shape index (κ2) is 11.7. The van der Waals surface area contributed by atoms with Crippen molar-refractivity contribution in [3.63, 3.8) is 0 Å². The molecule has 0 saturated heterocycles. The number of carbonyl (C=O) groups excluding carboxylic acids is 2. The summed E-state index contributed by atoms with van der Waals surface area (Å²) < 4.78 is 0. The number of thioether (sulfide) groups is 1. The Kier molecular flexibility index (Phi) is 9.26. The van der Waals surface area contributed by atoms with Gasteiger partial charge in [-0.05, 0) is 49.9 Å². The van der Waals surface area contributed by atoms with Crippen molar-refractivity contribution in [2.75, 3.05) is 5.75 Å². The summed E-state index contributed by atoms with van der Waals surface area (Å²) in [5.41, 5.74) is 2.19. The van der Waals surface area contributed by atoms with Crippen molar-refractivity contribution < 1.29 is 9.59 Å². The van der Waals surface area contributed by atoms with E-state index in [1.807, 2.05) is 82.3 Å². The van der Waals surface area contributed by atoms with Gasteiger partial charge in [0.25, 0.3) is 0 Å². The van der Waals surface area contributed by atoms with Crippen LogP contribution in [-0.4, -0.2) is 34.6 Å². The second-order valence-electron chi connectivity index (χ2n) is 7.29. The van der Waals surface area contributed by atoms with Crippen LogP contribution in [0.5, 0.6) is 0 Å². The molecule has 0 bridgehead atoms. The summed E-state index contributed by atoms with van der Waals surface area (Å²) in [5, 5.41) is 3.05. The molecule has 29 heavy (non-hydrogen) atoms. The largest absolute Gasteiger partial charge is 0.352 e. The monoisotopic (exact) mass is 412 g/mol. The molecule has 0 aliphatic rings. The average molecular weight is 413 g/mol. The van der Waals surface area contributed by atoms with Crippen molar-refractivity contribution in [3.8, 4) is 0 Å². The van der Waals surface area contributed by atoms with E-state index in [9.17, 15) is 9.59 Å². The molecule has 2 amide bonds. The number of amides is 2. The molecule has 0 aliphatic carbocycles. The molecule has 0 heterocycles. The fraction of sp³-hybridized carbons (Fsp3) is 0.417. The van der Waals surface area contributed by atoms with Crippen LogP contribution in [0.1, 0.15) is 44.7 Å². The molecular weight excluding hydrogens is 380 g/mol. The van der Waals surface area contributed by atoms with E-state index in [0.29, 0.717) is 18.7 Å². The summed E-state index contributed by atoms with van der Waals surface area (Å²) in [6.07, 6.45) is 1.44. The Morgan fingerprint density at radius 2 is 1.66 bits per heavy atom. The van der Waals surface area contributed by atoms with Crippen LogP contribution in [0.3, 0.4) is 0 Å². The molecule has 0 aromatic heterocycles. The van der Waals surface area contributed by atoms with Gasteiger partial charge in [0.15, 0.2) is 0 Å². The molecule has 156 valence electrons. The molecule has 5 heteroatoms. The number of nitrogens with zero attached hydrogens (tertiary/aromatic N) is 1. The second-order valence-corrected chi connectivity index (χ2v) is 8.34. The molecule has 2 atom stereocenters. The molecule has 2 aromatic rings. The van der Waals surface area contributed by atoms with Crippen LogP contribution >= 0.6 is 11.8 Å². The lowest BCUT2D eigenvalue weighted by molar-refractivity contribution is -0.139. The van der Waals surface area contributed by atoms with E-state index >= 15 is 0 Å². The lowest BCUT2D eigenvalue weighted by atomic mass is 10.1. The first kappa shape index (κ1) is 23.0. The highest BCUT2D eigenvalue weighted by molar-refractivity contribution is 8.00. The first-order chi connectivity index (χ1) is 14.0. The first-order valence-electron chi connectivity index (χ1n) is 10.3. The van der Waals surface area contributed by atoms with Gasteiger partial charge in [0.2, 0.25) is 11.8 Å². The predicted molar refractivity (Wildman–Crippen MR) is 121 cm³/mol. The van der Waals surface area contributed by atoms with Gasteiger partial charge >= 0.3 is 0 Å². The van der Waals surface area contributed by atoms with Gasteiger partial charge in [0.05, 0.1) is 5.75 Å². The lowest BCUT2D eigenvalue weighted by Gasteiger charge is -2.32. The number of nitrogens with one attached hydrogen (secondary N) is 1. The van der Waals surface area contributed by atoms with Gasteiger partial charge in [-0.1, -0.05) is 56.3 Å². The van der Waals surface area contributed by atoms with Crippen LogP contribution < -0.4 is 5.32 Å². The molecule has 0 spiro atoms. The fourth-order valence-electron chi connectivity index (χ4n) is 3.08. The topological polar surface area (TPSA) is 49.4 Å². The minimum Gasteiger partial charge on any atom is -0.352 e. The standard InChI is InChI=1S/C24H32N2O2S/c1-5-19(4)25-24(28)22(6-2)26(16-20-13-11-10-12-18(20)3)23(27)17-29-21-14-8-7-9-15-21/h7-15,19,22H,5-6,16-17H2,1-4H3,(H,25,28)/t19-,22+/m1/s1. The molecule has 1 N–H and O–H groups in total. The highest BCUT2D eigenvalue weighted by atomic mass is 32.2. The summed E-state index contributed by atoms with van der Waals surface area (Å²) in [5.74, 6) is 0.213. The number of rotatable bonds is 10. The smallest absolute Gasteiger partial charge is 0.243 e. The Hall–Kier alpha value is -2.27. The Balaban J connectivity index is 2.22. The summed E-state index contributed by atoms with van der Waals surface area (Å²) in [4.78, 5) is 28.9. The van der Waals surface area contributed by atoms with E-state index in [-0.39, 0.29) is 17.9 Å². The van der Waals surface area contributed by atoms with Crippen LogP contribution in [0.2, 0.25) is 0 Å². The van der Waals surface area contributed by atoms with Gasteiger partial charge in [-0.3, -0.25) is 9.59 Å². The fourth-order valence-corrected chi connectivity index (χ4v) is 3.88. The summed E-state index contributed by atoms with van der Waals surface area (Å²) in [6, 6.07) is 17.5. The average Bonchev–Trinajstić information content (AvgIpc) is 2.73. The van der Waals surface area contributed by atoms with Crippen LogP contribution in [0.4, 0.5) is 0 Å². The van der Waals surface area contributed by atoms with Gasteiger partial charge < -0.3 is 10.2 Å². The van der Waals surface area contributed by atoms with Crippen molar-refractivity contribution in [1.82, 2.24) is 10.2 Å². The van der Waals surface area contributed by atoms with E-state index in [4.69, 9.17) is 0 Å². The first-order valence-corrected chi connectivity index (χ1v) is 11.3. The zero-order valence-corrected chi connectivity index (χ0v) is 18.7. The number of hydrogen-bond acceptors (Lipinski definition) is 3. The van der Waals surface area contributed by atoms with Crippen LogP contribution in [0.25, 0.3) is 0 Å². The highest BCUT2D eigenvalue weighted by Crippen LogP contribution is 2.21. The van der Waals surface area contributed by atoms with Crippen molar-refractivity contribution in [2.45, 2.75) is 64.1 Å². The molecular formula is C24H32N2O2S. The molecule has 0 saturated carbocycles. The third-order valence-electron chi connectivity index (χ3n) is 5.09. The van der Waals surface area contributed by atoms with Crippen molar-refractivity contribution >= 4 is 23.6 Å². The zero-order chi connectivity index (χ0) is 21.2. The summed E-state index contributed by atoms with van der Waals surface area (Å²) in [6.45, 7) is 8.47. The Bertz CT molecular complexity index is 794. The Labute approximate surface area is 179 Å². The minimum atomic E-state index is -0.479. The highest BCUT2D eigenvalue weighted by Gasteiger charge is 2.29. The van der Waals surface area contributed by atoms with Crippen LogP contribution in [-0.2, 0) is 16.1 Å². The summed E-state index contributed by atoms with van der Waals surface area (Å²) >= 11 is 1.51. The zero-order valence-electron chi connectivity index (χ0n) is 17.9. The molecule has 2 aromatic carbocycles. The van der Waals surface area contributed by atoms with E-state index < -0.39 is 6.04 Å². The number of benzene rings is 2. The van der Waals surface area contributed by atoms with Crippen molar-refractivity contribution in [1.29, 1.82) is 0 Å². The Morgan fingerprint density at radius 3 is 2.28 bits per heavy atom. The molecule has 4 nitrogen and oxygen atoms in total. The van der Waals surface area contributed by atoms with E-state index in [1.165, 1.54) is 11.8 Å². The SMILES string of the molecule is CC[C@@H](C)NC(=O)[C@H](CC)N(Cc1ccccc1C)C(=O)CSc1ccccc1. The van der Waals surface area contributed by atoms with Crippen molar-refractivity contribution in [2.24, 2.45) is 0 Å². The molecule has 2 rings (SSSR count). The normalized spacial score (nSPS) is 12.8. The van der Waals surface area contributed by atoms with E-state index in [2.05, 4.69) is 5.32 Å². The van der Waals surface area contributed by atoms with Crippen LogP contribution in [0, 0.1) is 6.92 Å². The third kappa shape index (κ3) is 6.93. The maximum absolute atomic E-state index is 13.2. The van der Waals surface area contributed by atoms with E-state index in [1.54, 1.807) is 4.90 Å². The lowest BCUT2D eigenvalue weighted by Crippen LogP contribution is -2.51. The predicted octanol–water partition coefficient (Wildman–Crippen LogP) is 4.81. The molecule has 0 unspecified atom stereocenters. The van der Waals surface area contributed by atoms with Crippen molar-refractivity contribution in [3.05, 3.63) is 65.7 Å². The van der Waals surface area contributed by atoms with E-state index in [0.717, 1.165) is 22.4 Å². The number of hydrogen-bond donors (Lipinski definition) is 1. The van der Waals surface area contributed by atoms with Gasteiger partial charge in [0, 0.05) is 17.5 Å². The molecule has 0 fully saturated rings. The molecule has 0 aliphatic heterocycles. The maximum atomic E-state index is 13.2. The third-order valence-corrected chi connectivity index (χ3v) is 6.09. The quantitative estimate of drug-likeness (QED) is 0.570. The Morgan fingerprint density at radius 1 is 1.00 bits per heavy atom.